The number of ether oxygens (including phenoxy) is 2. The Kier molecular flexibility index (Phi) is 15.2. The second-order valence-electron chi connectivity index (χ2n) is 27.9. The smallest absolute Gasteiger partial charge is 0.159 e. The Morgan fingerprint density at radius 1 is 0.259 bits per heavy atom. The van der Waals surface area contributed by atoms with Crippen LogP contribution in [0, 0.1) is 0 Å². The lowest BCUT2D eigenvalue weighted by atomic mass is 9.67. The summed E-state index contributed by atoms with van der Waals surface area (Å²) in [5, 5.41) is 4.23. The maximum absolute atomic E-state index is 6.96. The highest BCUT2D eigenvalue weighted by molar-refractivity contribution is 6.12. The molecule has 20 rings (SSSR count). The topological polar surface area (TPSA) is 51.2 Å². The van der Waals surface area contributed by atoms with Gasteiger partial charge in [0.15, 0.2) is 11.2 Å². The van der Waals surface area contributed by atoms with Gasteiger partial charge in [-0.25, -0.2) is 0 Å². The van der Waals surface area contributed by atoms with Crippen LogP contribution in [0.25, 0.3) is 89.4 Å². The van der Waals surface area contributed by atoms with Crippen molar-refractivity contribution in [3.8, 4) is 56.4 Å². The number of hydrogen-bond donors (Lipinski definition) is 0. The Labute approximate surface area is 626 Å². The first-order valence-electron chi connectivity index (χ1n) is 36.6. The van der Waals surface area contributed by atoms with E-state index in [9.17, 15) is 0 Å². The zero-order valence-corrected chi connectivity index (χ0v) is 58.9. The summed E-state index contributed by atoms with van der Waals surface area (Å²) in [6, 6.07) is 135. The molecule has 510 valence electrons. The molecule has 108 heavy (non-hydrogen) atoms. The van der Waals surface area contributed by atoms with Gasteiger partial charge in [0.25, 0.3) is 0 Å². The van der Waals surface area contributed by atoms with E-state index in [0.29, 0.717) is 0 Å². The summed E-state index contributed by atoms with van der Waals surface area (Å²) in [4.78, 5) is 4.75. The Morgan fingerprint density at radius 3 is 0.981 bits per heavy atom. The van der Waals surface area contributed by atoms with Gasteiger partial charge in [-0.15, -0.1) is 0 Å². The molecule has 0 radical (unpaired) electrons. The Morgan fingerprint density at radius 2 is 0.583 bits per heavy atom. The van der Waals surface area contributed by atoms with E-state index in [-0.39, 0.29) is 0 Å². The lowest BCUT2D eigenvalue weighted by Gasteiger charge is -2.35. The maximum atomic E-state index is 6.96. The zero-order chi connectivity index (χ0) is 71.9. The fourth-order valence-electron chi connectivity index (χ4n) is 17.2. The van der Waals surface area contributed by atoms with Crippen LogP contribution in [-0.2, 0) is 10.8 Å². The standard InChI is InChI=1S/C102H68N2O4/c1-3-67-37-55-79(56-38-67)105-81-59-45-73(46-60-81)101(71-21-7-5-8-22-71)91-31-15-11-25-83(91)85-63-53-77(65-93(85)101)103(95-33-19-29-89-87-27-13-17-35-97(87)107-99(89)95)75-49-41-69(42-50-75)70-43-51-76(52-44-70)104(96-34-20-30-90-88-28-14-18-36-98(88)108-100(90)96)78-54-64-86-84-26-12-16-32-92(84)102(94(86)66-78,72-23-9-6-10-24-72)74-47-61-82(62-48-74)106-80-57-39-68(4-2)40-58-80/h3-66H,1-2H2. The van der Waals surface area contributed by atoms with Crippen LogP contribution in [0.15, 0.2) is 398 Å². The first kappa shape index (κ1) is 63.5. The summed E-state index contributed by atoms with van der Waals surface area (Å²) >= 11 is 0. The van der Waals surface area contributed by atoms with Crippen LogP contribution >= 0.6 is 0 Å². The number of furan rings is 2. The van der Waals surface area contributed by atoms with Crippen LogP contribution in [0.5, 0.6) is 23.0 Å². The molecule has 0 fully saturated rings. The van der Waals surface area contributed by atoms with Gasteiger partial charge >= 0.3 is 0 Å². The van der Waals surface area contributed by atoms with Gasteiger partial charge in [0, 0.05) is 44.3 Å². The predicted molar refractivity (Wildman–Crippen MR) is 444 cm³/mol. The third-order valence-corrected chi connectivity index (χ3v) is 22.1. The van der Waals surface area contributed by atoms with E-state index in [1.807, 2.05) is 72.8 Å². The minimum Gasteiger partial charge on any atom is -0.457 e. The predicted octanol–water partition coefficient (Wildman–Crippen LogP) is 27.7. The van der Waals surface area contributed by atoms with E-state index >= 15 is 0 Å². The minimum absolute atomic E-state index is 0.711. The Hall–Kier alpha value is -14.2. The summed E-state index contributed by atoms with van der Waals surface area (Å²) in [5.41, 5.74) is 25.9. The molecule has 0 bridgehead atoms. The molecule has 2 aromatic heterocycles. The summed E-state index contributed by atoms with van der Waals surface area (Å²) in [6.45, 7) is 7.88. The number of fused-ring (bicyclic) bond motifs is 12. The number of anilines is 6. The van der Waals surface area contributed by atoms with Gasteiger partial charge in [0.1, 0.15) is 34.2 Å². The molecule has 2 unspecified atom stereocenters. The van der Waals surface area contributed by atoms with Crippen LogP contribution in [0.3, 0.4) is 0 Å². The fourth-order valence-corrected chi connectivity index (χ4v) is 17.2. The van der Waals surface area contributed by atoms with Crippen molar-refractivity contribution in [2.45, 2.75) is 10.8 Å². The van der Waals surface area contributed by atoms with E-state index in [0.717, 1.165) is 146 Å². The Balaban J connectivity index is 0.709. The van der Waals surface area contributed by atoms with Crippen LogP contribution < -0.4 is 19.3 Å². The molecule has 0 N–H and O–H groups in total. The van der Waals surface area contributed by atoms with Crippen molar-refractivity contribution in [2.75, 3.05) is 9.80 Å². The molecule has 0 saturated carbocycles. The van der Waals surface area contributed by atoms with Gasteiger partial charge in [-0.05, 0) is 210 Å². The highest BCUT2D eigenvalue weighted by Gasteiger charge is 2.48. The molecular formula is C102H68N2O4. The minimum atomic E-state index is -0.711. The van der Waals surface area contributed by atoms with Gasteiger partial charge in [0.05, 0.1) is 22.2 Å². The molecule has 0 amide bonds. The van der Waals surface area contributed by atoms with E-state index in [2.05, 4.69) is 338 Å². The van der Waals surface area contributed by atoms with Gasteiger partial charge in [0.2, 0.25) is 0 Å². The third kappa shape index (κ3) is 10.2. The molecule has 2 heterocycles. The molecular weight excluding hydrogens is 1320 g/mol. The molecule has 2 aliphatic carbocycles. The van der Waals surface area contributed by atoms with Crippen LogP contribution in [0.4, 0.5) is 34.1 Å². The summed E-state index contributed by atoms with van der Waals surface area (Å²) in [7, 11) is 0. The van der Waals surface area contributed by atoms with Gasteiger partial charge in [-0.1, -0.05) is 280 Å². The number of nitrogens with zero attached hydrogens (tertiary/aromatic N) is 2. The second-order valence-corrected chi connectivity index (χ2v) is 27.9. The quantitative estimate of drug-likeness (QED) is 0.0906. The van der Waals surface area contributed by atoms with Crippen molar-refractivity contribution in [1.29, 1.82) is 0 Å². The normalized spacial score (nSPS) is 14.6. The summed E-state index contributed by atoms with van der Waals surface area (Å²) in [6.07, 6.45) is 3.68. The van der Waals surface area contributed by atoms with Crippen molar-refractivity contribution in [2.24, 2.45) is 0 Å². The molecule has 2 aliphatic rings. The van der Waals surface area contributed by atoms with Crippen LogP contribution in [0.1, 0.15) is 55.6 Å². The average molecular weight is 1390 g/mol. The van der Waals surface area contributed by atoms with Gasteiger partial charge < -0.3 is 28.1 Å². The zero-order valence-electron chi connectivity index (χ0n) is 58.9. The third-order valence-electron chi connectivity index (χ3n) is 22.1. The number of rotatable bonds is 17. The van der Waals surface area contributed by atoms with E-state index in [1.54, 1.807) is 0 Å². The molecule has 18 aromatic rings. The monoisotopic (exact) mass is 1380 g/mol. The highest BCUT2D eigenvalue weighted by Crippen LogP contribution is 2.60. The molecule has 0 aliphatic heterocycles. The first-order chi connectivity index (χ1) is 53.4. The second kappa shape index (κ2) is 25.9. The van der Waals surface area contributed by atoms with Crippen molar-refractivity contribution in [3.63, 3.8) is 0 Å². The largest absolute Gasteiger partial charge is 0.457 e. The molecule has 6 nitrogen and oxygen atoms in total. The van der Waals surface area contributed by atoms with Gasteiger partial charge in [-0.2, -0.15) is 0 Å². The maximum Gasteiger partial charge on any atom is 0.159 e. The molecule has 16 aromatic carbocycles. The van der Waals surface area contributed by atoms with Crippen molar-refractivity contribution in [1.82, 2.24) is 0 Å². The number of para-hydroxylation sites is 4. The van der Waals surface area contributed by atoms with E-state index in [1.165, 1.54) is 44.5 Å². The lowest BCUT2D eigenvalue weighted by Crippen LogP contribution is -2.28. The first-order valence-corrected chi connectivity index (χ1v) is 36.6. The van der Waals surface area contributed by atoms with Crippen LogP contribution in [-0.4, -0.2) is 0 Å². The average Bonchev–Trinajstić information content (AvgIpc) is 1.53. The lowest BCUT2D eigenvalue weighted by molar-refractivity contribution is 0.482. The number of benzene rings is 16. The van der Waals surface area contributed by atoms with Gasteiger partial charge in [-0.3, -0.25) is 0 Å². The summed E-state index contributed by atoms with van der Waals surface area (Å²) < 4.78 is 26.9. The van der Waals surface area contributed by atoms with E-state index in [4.69, 9.17) is 18.3 Å². The Bertz CT molecular complexity index is 6100. The van der Waals surface area contributed by atoms with Crippen LogP contribution in [0.2, 0.25) is 0 Å². The summed E-state index contributed by atoms with van der Waals surface area (Å²) in [5.74, 6) is 3.03. The highest BCUT2D eigenvalue weighted by atomic mass is 16.5. The molecule has 2 atom stereocenters. The van der Waals surface area contributed by atoms with Crippen molar-refractivity contribution in [3.05, 3.63) is 445 Å². The van der Waals surface area contributed by atoms with E-state index < -0.39 is 10.8 Å². The van der Waals surface area contributed by atoms with Crippen molar-refractivity contribution >= 4 is 90.2 Å². The molecule has 0 spiro atoms. The molecule has 0 saturated heterocycles. The molecule has 6 heteroatoms. The number of hydrogen-bond acceptors (Lipinski definition) is 6. The van der Waals surface area contributed by atoms with Crippen molar-refractivity contribution < 1.29 is 18.3 Å². The SMILES string of the molecule is C=Cc1ccc(Oc2ccc(C3(c4ccccc4)c4ccccc4-c4ccc(N(c5ccc(-c6ccc(N(c7ccc8c(c7)C(c7ccccc7)(c7ccc(Oc9ccc(C=C)cc9)cc7)c7ccccc7-8)c7cccc8c7oc7ccccc78)cc6)cc5)c5cccc6c5oc5ccccc56)cc43)cc2)cc1. The fraction of sp³-hybridized carbons (Fsp3) is 0.0196.